The van der Waals surface area contributed by atoms with Crippen LogP contribution in [0.25, 0.3) is 0 Å². The van der Waals surface area contributed by atoms with Crippen LogP contribution in [0.15, 0.2) is 0 Å². The van der Waals surface area contributed by atoms with Crippen LogP contribution >= 0.6 is 0 Å². The molecule has 5 nitrogen and oxygen atoms in total. The van der Waals surface area contributed by atoms with Crippen molar-refractivity contribution in [2.75, 3.05) is 13.7 Å². The van der Waals surface area contributed by atoms with Crippen molar-refractivity contribution in [2.24, 2.45) is 5.41 Å². The molecule has 2 aliphatic rings. The Hall–Kier alpha value is -0.810. The number of hydrogen-bond donors (Lipinski definition) is 1. The van der Waals surface area contributed by atoms with Gasteiger partial charge in [0.05, 0.1) is 12.2 Å². The Morgan fingerprint density at radius 1 is 1.35 bits per heavy atom. The summed E-state index contributed by atoms with van der Waals surface area (Å²) in [6.07, 6.45) is 1.83. The average Bonchev–Trinajstić information content (AvgIpc) is 2.54. The monoisotopic (exact) mass is 243 g/mol. The Kier molecular flexibility index (Phi) is 3.32. The van der Waals surface area contributed by atoms with E-state index < -0.39 is 6.09 Å². The van der Waals surface area contributed by atoms with E-state index in [0.29, 0.717) is 6.54 Å². The molecule has 2 fully saturated rings. The summed E-state index contributed by atoms with van der Waals surface area (Å²) in [4.78, 5) is 12.6. The number of rotatable bonds is 1. The Balaban J connectivity index is 2.14. The van der Waals surface area contributed by atoms with E-state index in [1.807, 2.05) is 0 Å². The highest BCUT2D eigenvalue weighted by molar-refractivity contribution is 5.65. The Labute approximate surface area is 102 Å². The molecule has 17 heavy (non-hydrogen) atoms. The zero-order chi connectivity index (χ0) is 12.6. The summed E-state index contributed by atoms with van der Waals surface area (Å²) in [5.74, 6) is 0. The van der Waals surface area contributed by atoms with Gasteiger partial charge in [0.25, 0.3) is 0 Å². The molecule has 2 rings (SSSR count). The van der Waals surface area contributed by atoms with E-state index in [0.717, 1.165) is 19.3 Å². The number of methoxy groups -OCH3 is 1. The lowest BCUT2D eigenvalue weighted by atomic mass is 9.75. The predicted molar refractivity (Wildman–Crippen MR) is 61.8 cm³/mol. The summed E-state index contributed by atoms with van der Waals surface area (Å²) in [5.41, 5.74) is 0.0378. The van der Waals surface area contributed by atoms with Gasteiger partial charge in [-0.3, -0.25) is 4.90 Å². The third-order valence-corrected chi connectivity index (χ3v) is 3.88. The van der Waals surface area contributed by atoms with Gasteiger partial charge in [-0.25, -0.2) is 4.79 Å². The Morgan fingerprint density at radius 3 is 2.35 bits per heavy atom. The Bertz CT molecular complexity index is 297. The molecule has 3 atom stereocenters. The molecule has 1 spiro atoms. The van der Waals surface area contributed by atoms with Gasteiger partial charge in [0.15, 0.2) is 0 Å². The van der Waals surface area contributed by atoms with E-state index in [2.05, 4.69) is 13.8 Å². The number of nitrogens with zero attached hydrogens (tertiary/aromatic N) is 1. The van der Waals surface area contributed by atoms with Crippen molar-refractivity contribution >= 4 is 6.09 Å². The third kappa shape index (κ3) is 2.40. The minimum absolute atomic E-state index is 0.0378. The van der Waals surface area contributed by atoms with Crippen molar-refractivity contribution in [3.05, 3.63) is 0 Å². The number of carbonyl (C=O) groups is 1. The molecule has 1 N–H and O–H groups in total. The standard InChI is InChI=1S/C12H21NO4/c1-8-4-12(5-9(2)17-8)6-10(16-3)13(7-12)11(14)15/h8-10H,4-7H2,1-3H3,(H,14,15). The number of hydrogen-bond acceptors (Lipinski definition) is 3. The van der Waals surface area contributed by atoms with Gasteiger partial charge in [0.1, 0.15) is 6.23 Å². The molecule has 2 heterocycles. The van der Waals surface area contributed by atoms with Crippen molar-refractivity contribution < 1.29 is 19.4 Å². The first-order valence-electron chi connectivity index (χ1n) is 6.13. The van der Waals surface area contributed by atoms with Crippen LogP contribution in [0.4, 0.5) is 4.79 Å². The summed E-state index contributed by atoms with van der Waals surface area (Å²) in [6.45, 7) is 4.68. The molecule has 0 aromatic heterocycles. The van der Waals surface area contributed by atoms with E-state index >= 15 is 0 Å². The SMILES string of the molecule is COC1CC2(CC(C)OC(C)C2)CN1C(=O)O. The van der Waals surface area contributed by atoms with Gasteiger partial charge < -0.3 is 14.6 Å². The third-order valence-electron chi connectivity index (χ3n) is 3.88. The molecule has 0 aromatic carbocycles. The molecular weight excluding hydrogens is 222 g/mol. The van der Waals surface area contributed by atoms with E-state index in [9.17, 15) is 9.90 Å². The number of carboxylic acid groups (broad SMARTS) is 1. The first-order valence-corrected chi connectivity index (χ1v) is 6.13. The van der Waals surface area contributed by atoms with Gasteiger partial charge in [0.2, 0.25) is 0 Å². The van der Waals surface area contributed by atoms with Crippen molar-refractivity contribution in [1.82, 2.24) is 4.90 Å². The lowest BCUT2D eigenvalue weighted by Gasteiger charge is -2.39. The topological polar surface area (TPSA) is 59.0 Å². The smallest absolute Gasteiger partial charge is 0.409 e. The zero-order valence-corrected chi connectivity index (χ0v) is 10.7. The second-order valence-electron chi connectivity index (χ2n) is 5.47. The first-order chi connectivity index (χ1) is 7.96. The molecule has 2 aliphatic heterocycles. The van der Waals surface area contributed by atoms with Crippen LogP contribution in [0.5, 0.6) is 0 Å². The molecule has 1 amide bonds. The molecule has 0 radical (unpaired) electrons. The van der Waals surface area contributed by atoms with Gasteiger partial charge in [0, 0.05) is 20.1 Å². The van der Waals surface area contributed by atoms with Gasteiger partial charge in [-0.05, 0) is 32.1 Å². The maximum atomic E-state index is 11.2. The summed E-state index contributed by atoms with van der Waals surface area (Å²) in [5, 5.41) is 9.18. The second-order valence-corrected chi connectivity index (χ2v) is 5.47. The largest absolute Gasteiger partial charge is 0.465 e. The van der Waals surface area contributed by atoms with E-state index in [1.165, 1.54) is 4.90 Å². The van der Waals surface area contributed by atoms with Gasteiger partial charge in [-0.15, -0.1) is 0 Å². The number of likely N-dealkylation sites (tertiary alicyclic amines) is 1. The summed E-state index contributed by atoms with van der Waals surface area (Å²) in [7, 11) is 1.58. The fourth-order valence-electron chi connectivity index (χ4n) is 3.50. The van der Waals surface area contributed by atoms with Crippen LogP contribution < -0.4 is 0 Å². The average molecular weight is 243 g/mol. The molecule has 0 aromatic rings. The Morgan fingerprint density at radius 2 is 1.94 bits per heavy atom. The molecule has 2 saturated heterocycles. The van der Waals surface area contributed by atoms with Crippen molar-refractivity contribution in [3.63, 3.8) is 0 Å². The molecule has 0 bridgehead atoms. The zero-order valence-electron chi connectivity index (χ0n) is 10.7. The van der Waals surface area contributed by atoms with E-state index in [4.69, 9.17) is 9.47 Å². The highest BCUT2D eigenvalue weighted by Crippen LogP contribution is 2.46. The van der Waals surface area contributed by atoms with Crippen LogP contribution in [0.3, 0.4) is 0 Å². The number of amides is 1. The van der Waals surface area contributed by atoms with E-state index in [-0.39, 0.29) is 23.9 Å². The van der Waals surface area contributed by atoms with Crippen LogP contribution in [0.2, 0.25) is 0 Å². The van der Waals surface area contributed by atoms with E-state index in [1.54, 1.807) is 7.11 Å². The van der Waals surface area contributed by atoms with Gasteiger partial charge in [-0.1, -0.05) is 0 Å². The summed E-state index contributed by atoms with van der Waals surface area (Å²) in [6, 6.07) is 0. The molecular formula is C12H21NO4. The molecule has 0 aliphatic carbocycles. The van der Waals surface area contributed by atoms with Crippen LogP contribution in [-0.4, -0.2) is 48.2 Å². The summed E-state index contributed by atoms with van der Waals surface area (Å²) >= 11 is 0. The minimum atomic E-state index is -0.888. The predicted octanol–water partition coefficient (Wildman–Crippen LogP) is 1.92. The van der Waals surface area contributed by atoms with Crippen LogP contribution in [-0.2, 0) is 9.47 Å². The lowest BCUT2D eigenvalue weighted by Crippen LogP contribution is -2.41. The van der Waals surface area contributed by atoms with Crippen LogP contribution in [0.1, 0.15) is 33.1 Å². The normalized spacial score (nSPS) is 42.1. The van der Waals surface area contributed by atoms with Gasteiger partial charge >= 0.3 is 6.09 Å². The van der Waals surface area contributed by atoms with Crippen molar-refractivity contribution in [2.45, 2.75) is 51.5 Å². The maximum absolute atomic E-state index is 11.2. The lowest BCUT2D eigenvalue weighted by molar-refractivity contribution is -0.0850. The van der Waals surface area contributed by atoms with Crippen molar-refractivity contribution in [3.8, 4) is 0 Å². The van der Waals surface area contributed by atoms with Crippen LogP contribution in [0, 0.1) is 5.41 Å². The first kappa shape index (κ1) is 12.6. The highest BCUT2D eigenvalue weighted by atomic mass is 16.5. The highest BCUT2D eigenvalue weighted by Gasteiger charge is 2.49. The maximum Gasteiger partial charge on any atom is 0.409 e. The van der Waals surface area contributed by atoms with Gasteiger partial charge in [-0.2, -0.15) is 0 Å². The molecule has 0 saturated carbocycles. The molecule has 98 valence electrons. The quantitative estimate of drug-likeness (QED) is 0.764. The number of ether oxygens (including phenoxy) is 2. The van der Waals surface area contributed by atoms with Crippen molar-refractivity contribution in [1.29, 1.82) is 0 Å². The fourth-order valence-corrected chi connectivity index (χ4v) is 3.50. The molecule has 3 unspecified atom stereocenters. The minimum Gasteiger partial charge on any atom is -0.465 e. The summed E-state index contributed by atoms with van der Waals surface area (Å²) < 4.78 is 11.0. The second kappa shape index (κ2) is 4.46. The molecule has 5 heteroatoms. The fraction of sp³-hybridized carbons (Fsp3) is 0.917.